The minimum atomic E-state index is 0.684. The lowest BCUT2D eigenvalue weighted by molar-refractivity contribution is 0.398. The van der Waals surface area contributed by atoms with Crippen LogP contribution in [0.2, 0.25) is 0 Å². The van der Waals surface area contributed by atoms with Crippen LogP contribution in [-0.4, -0.2) is 5.16 Å². The highest BCUT2D eigenvalue weighted by molar-refractivity contribution is 9.10. The molecule has 1 aromatic carbocycles. The number of hydrogen-bond acceptors (Lipinski definition) is 2. The quantitative estimate of drug-likeness (QED) is 0.767. The lowest BCUT2D eigenvalue weighted by atomic mass is 10.1. The molecule has 2 aromatic rings. The van der Waals surface area contributed by atoms with Crippen molar-refractivity contribution in [3.63, 3.8) is 0 Å². The molecule has 2 nitrogen and oxygen atoms in total. The van der Waals surface area contributed by atoms with E-state index in [9.17, 15) is 0 Å². The summed E-state index contributed by atoms with van der Waals surface area (Å²) in [7, 11) is 0. The third-order valence-corrected chi connectivity index (χ3v) is 3.30. The molecule has 0 saturated heterocycles. The van der Waals surface area contributed by atoms with Gasteiger partial charge in [-0.15, -0.1) is 0 Å². The standard InChI is InChI=1S/C11H9Br2NO/c1-7-2-3-9(10(13)4-7)11-5-8(6-12)15-14-11/h2-5H,6H2,1H3. The molecule has 0 N–H and O–H groups in total. The van der Waals surface area contributed by atoms with E-state index in [2.05, 4.69) is 56.1 Å². The van der Waals surface area contributed by atoms with Crippen molar-refractivity contribution >= 4 is 31.9 Å². The SMILES string of the molecule is Cc1ccc(-c2cc(CBr)on2)c(Br)c1. The predicted octanol–water partition coefficient (Wildman–Crippen LogP) is 4.31. The summed E-state index contributed by atoms with van der Waals surface area (Å²) in [5.74, 6) is 0.831. The second-order valence-electron chi connectivity index (χ2n) is 3.30. The van der Waals surface area contributed by atoms with Gasteiger partial charge in [0.05, 0.1) is 5.33 Å². The second kappa shape index (κ2) is 4.49. The molecule has 2 rings (SSSR count). The first-order chi connectivity index (χ1) is 7.20. The lowest BCUT2D eigenvalue weighted by Gasteiger charge is -2.00. The molecule has 0 spiro atoms. The number of aromatic nitrogens is 1. The van der Waals surface area contributed by atoms with Crippen LogP contribution in [0, 0.1) is 6.92 Å². The van der Waals surface area contributed by atoms with E-state index >= 15 is 0 Å². The molecule has 15 heavy (non-hydrogen) atoms. The van der Waals surface area contributed by atoms with Gasteiger partial charge in [-0.2, -0.15) is 0 Å². The van der Waals surface area contributed by atoms with E-state index in [1.807, 2.05) is 12.1 Å². The van der Waals surface area contributed by atoms with Crippen molar-refractivity contribution in [3.8, 4) is 11.3 Å². The number of rotatable bonds is 2. The van der Waals surface area contributed by atoms with Gasteiger partial charge in [0, 0.05) is 16.1 Å². The summed E-state index contributed by atoms with van der Waals surface area (Å²) in [5, 5.41) is 4.70. The van der Waals surface area contributed by atoms with Crippen molar-refractivity contribution in [2.24, 2.45) is 0 Å². The summed E-state index contributed by atoms with van der Waals surface area (Å²) < 4.78 is 6.17. The maximum Gasteiger partial charge on any atom is 0.147 e. The van der Waals surface area contributed by atoms with Gasteiger partial charge in [-0.3, -0.25) is 0 Å². The van der Waals surface area contributed by atoms with Gasteiger partial charge in [-0.05, 0) is 18.6 Å². The lowest BCUT2D eigenvalue weighted by Crippen LogP contribution is -1.80. The Kier molecular flexibility index (Phi) is 3.26. The van der Waals surface area contributed by atoms with Gasteiger partial charge >= 0.3 is 0 Å². The van der Waals surface area contributed by atoms with E-state index in [0.717, 1.165) is 21.5 Å². The van der Waals surface area contributed by atoms with Crippen LogP contribution in [0.15, 0.2) is 33.3 Å². The highest BCUT2D eigenvalue weighted by atomic mass is 79.9. The monoisotopic (exact) mass is 329 g/mol. The first kappa shape index (κ1) is 10.9. The maximum atomic E-state index is 5.14. The fraction of sp³-hybridized carbons (Fsp3) is 0.182. The first-order valence-corrected chi connectivity index (χ1v) is 6.40. The normalized spacial score (nSPS) is 10.6. The zero-order valence-electron chi connectivity index (χ0n) is 8.13. The average molecular weight is 331 g/mol. The molecule has 0 aliphatic heterocycles. The Morgan fingerprint density at radius 2 is 2.13 bits per heavy atom. The van der Waals surface area contributed by atoms with Gasteiger partial charge in [-0.25, -0.2) is 0 Å². The van der Waals surface area contributed by atoms with Crippen molar-refractivity contribution in [1.29, 1.82) is 0 Å². The van der Waals surface area contributed by atoms with Gasteiger partial charge in [-0.1, -0.05) is 49.1 Å². The summed E-state index contributed by atoms with van der Waals surface area (Å²) in [4.78, 5) is 0. The molecule has 4 heteroatoms. The average Bonchev–Trinajstić information content (AvgIpc) is 2.66. The molecule has 0 aliphatic rings. The number of aryl methyl sites for hydroxylation is 1. The summed E-state index contributed by atoms with van der Waals surface area (Å²) >= 11 is 6.85. The molecular formula is C11H9Br2NO. The summed E-state index contributed by atoms with van der Waals surface area (Å²) in [5.41, 5.74) is 3.13. The first-order valence-electron chi connectivity index (χ1n) is 4.49. The Balaban J connectivity index is 2.44. The fourth-order valence-electron chi connectivity index (χ4n) is 1.33. The van der Waals surface area contributed by atoms with E-state index in [4.69, 9.17) is 4.52 Å². The molecule has 0 amide bonds. The molecule has 0 fully saturated rings. The second-order valence-corrected chi connectivity index (χ2v) is 4.71. The molecule has 1 heterocycles. The number of hydrogen-bond donors (Lipinski definition) is 0. The largest absolute Gasteiger partial charge is 0.360 e. The van der Waals surface area contributed by atoms with E-state index in [0.29, 0.717) is 5.33 Å². The zero-order chi connectivity index (χ0) is 10.8. The van der Waals surface area contributed by atoms with E-state index < -0.39 is 0 Å². The predicted molar refractivity (Wildman–Crippen MR) is 67.0 cm³/mol. The van der Waals surface area contributed by atoms with Crippen molar-refractivity contribution in [2.45, 2.75) is 12.3 Å². The van der Waals surface area contributed by atoms with Crippen LogP contribution in [-0.2, 0) is 5.33 Å². The molecule has 78 valence electrons. The van der Waals surface area contributed by atoms with Gasteiger partial charge in [0.25, 0.3) is 0 Å². The third-order valence-electron chi connectivity index (χ3n) is 2.09. The van der Waals surface area contributed by atoms with Gasteiger partial charge in [0.2, 0.25) is 0 Å². The van der Waals surface area contributed by atoms with Crippen LogP contribution in [0.5, 0.6) is 0 Å². The molecule has 0 bridgehead atoms. The van der Waals surface area contributed by atoms with E-state index in [-0.39, 0.29) is 0 Å². The fourth-order valence-corrected chi connectivity index (χ4v) is 2.29. The van der Waals surface area contributed by atoms with Crippen LogP contribution in [0.25, 0.3) is 11.3 Å². The van der Waals surface area contributed by atoms with Crippen molar-refractivity contribution in [1.82, 2.24) is 5.16 Å². The van der Waals surface area contributed by atoms with Gasteiger partial charge < -0.3 is 4.52 Å². The van der Waals surface area contributed by atoms with Crippen LogP contribution < -0.4 is 0 Å². The van der Waals surface area contributed by atoms with E-state index in [1.54, 1.807) is 0 Å². The van der Waals surface area contributed by atoms with Crippen molar-refractivity contribution < 1.29 is 4.52 Å². The Labute approximate surface area is 105 Å². The van der Waals surface area contributed by atoms with Gasteiger partial charge in [0.1, 0.15) is 11.5 Å². The minimum Gasteiger partial charge on any atom is -0.360 e. The Bertz CT molecular complexity index is 479. The molecule has 0 atom stereocenters. The summed E-state index contributed by atoms with van der Waals surface area (Å²) in [6.07, 6.45) is 0. The number of halogens is 2. The summed E-state index contributed by atoms with van der Waals surface area (Å²) in [6.45, 7) is 2.06. The number of benzene rings is 1. The molecular weight excluding hydrogens is 322 g/mol. The van der Waals surface area contributed by atoms with Crippen LogP contribution in [0.3, 0.4) is 0 Å². The van der Waals surface area contributed by atoms with Crippen LogP contribution >= 0.6 is 31.9 Å². The number of nitrogens with zero attached hydrogens (tertiary/aromatic N) is 1. The smallest absolute Gasteiger partial charge is 0.147 e. The highest BCUT2D eigenvalue weighted by Gasteiger charge is 2.08. The van der Waals surface area contributed by atoms with Crippen molar-refractivity contribution in [2.75, 3.05) is 0 Å². The number of alkyl halides is 1. The third kappa shape index (κ3) is 2.32. The zero-order valence-corrected chi connectivity index (χ0v) is 11.3. The highest BCUT2D eigenvalue weighted by Crippen LogP contribution is 2.28. The topological polar surface area (TPSA) is 26.0 Å². The van der Waals surface area contributed by atoms with Crippen LogP contribution in [0.1, 0.15) is 11.3 Å². The maximum absolute atomic E-state index is 5.14. The Hall–Kier alpha value is -0.610. The van der Waals surface area contributed by atoms with Gasteiger partial charge in [0.15, 0.2) is 0 Å². The molecule has 0 saturated carbocycles. The molecule has 0 radical (unpaired) electrons. The molecule has 1 aromatic heterocycles. The van der Waals surface area contributed by atoms with Crippen molar-refractivity contribution in [3.05, 3.63) is 40.1 Å². The Morgan fingerprint density at radius 1 is 1.33 bits per heavy atom. The Morgan fingerprint density at radius 3 is 2.73 bits per heavy atom. The molecule has 0 aliphatic carbocycles. The minimum absolute atomic E-state index is 0.684. The van der Waals surface area contributed by atoms with Crippen LogP contribution in [0.4, 0.5) is 0 Å². The van der Waals surface area contributed by atoms with E-state index in [1.165, 1.54) is 5.56 Å². The molecule has 0 unspecified atom stereocenters. The summed E-state index contributed by atoms with van der Waals surface area (Å²) in [6, 6.07) is 8.10.